The van der Waals surface area contributed by atoms with E-state index in [9.17, 15) is 14.4 Å². The predicted molar refractivity (Wildman–Crippen MR) is 316 cm³/mol. The van der Waals surface area contributed by atoms with Gasteiger partial charge >= 0.3 is 17.9 Å². The highest BCUT2D eigenvalue weighted by Crippen LogP contribution is 2.15. The largest absolute Gasteiger partial charge is 0.462 e. The van der Waals surface area contributed by atoms with Crippen molar-refractivity contribution >= 4 is 17.9 Å². The third-order valence-corrected chi connectivity index (χ3v) is 13.1. The van der Waals surface area contributed by atoms with E-state index in [1.807, 2.05) is 0 Å². The fraction of sp³-hybridized carbons (Fsp3) is 0.716. The number of esters is 3. The predicted octanol–water partition coefficient (Wildman–Crippen LogP) is 20.9. The van der Waals surface area contributed by atoms with E-state index in [2.05, 4.69) is 118 Å². The molecule has 0 amide bonds. The number of allylic oxidation sites excluding steroid dienone is 16. The smallest absolute Gasteiger partial charge is 0.306 e. The molecule has 0 aromatic heterocycles. The average Bonchev–Trinajstić information content (AvgIpc) is 3.39. The van der Waals surface area contributed by atoms with Gasteiger partial charge < -0.3 is 14.2 Å². The molecule has 0 aliphatic heterocycles. The summed E-state index contributed by atoms with van der Waals surface area (Å²) in [6, 6.07) is 0. The molecule has 73 heavy (non-hydrogen) atoms. The van der Waals surface area contributed by atoms with Crippen molar-refractivity contribution in [2.24, 2.45) is 0 Å². The zero-order valence-corrected chi connectivity index (χ0v) is 47.9. The van der Waals surface area contributed by atoms with Crippen LogP contribution >= 0.6 is 0 Å². The lowest BCUT2D eigenvalue weighted by molar-refractivity contribution is -0.167. The van der Waals surface area contributed by atoms with Gasteiger partial charge in [-0.3, -0.25) is 14.4 Å². The first-order chi connectivity index (χ1) is 36.0. The first kappa shape index (κ1) is 69.3. The Hall–Kier alpha value is -3.67. The third-order valence-electron chi connectivity index (χ3n) is 13.1. The Balaban J connectivity index is 4.46. The van der Waals surface area contributed by atoms with Crippen LogP contribution in [0.5, 0.6) is 0 Å². The Labute approximate surface area is 451 Å². The van der Waals surface area contributed by atoms with E-state index in [1.54, 1.807) is 0 Å². The highest BCUT2D eigenvalue weighted by atomic mass is 16.6. The topological polar surface area (TPSA) is 78.9 Å². The van der Waals surface area contributed by atoms with Gasteiger partial charge in [-0.1, -0.05) is 259 Å². The van der Waals surface area contributed by atoms with Gasteiger partial charge in [-0.25, -0.2) is 0 Å². The molecule has 0 saturated heterocycles. The van der Waals surface area contributed by atoms with Gasteiger partial charge in [0.15, 0.2) is 6.10 Å². The summed E-state index contributed by atoms with van der Waals surface area (Å²) in [7, 11) is 0. The average molecular weight is 1020 g/mol. The Kier molecular flexibility index (Phi) is 57.8. The SMILES string of the molecule is CC/C=C\C/C=C\C/C=C\CCCCCCCCCCCC(=O)OCC(COC(=O)CCC/C=C\C/C=C\C/C=C\CCCCCCCC)OC(=O)CCCCCCCCCCCC/C=C\C=C/CCCCC. The summed E-state index contributed by atoms with van der Waals surface area (Å²) in [5, 5.41) is 0. The Morgan fingerprint density at radius 2 is 0.589 bits per heavy atom. The van der Waals surface area contributed by atoms with Crippen LogP contribution in [0, 0.1) is 0 Å². The van der Waals surface area contributed by atoms with Gasteiger partial charge in [-0.05, 0) is 109 Å². The summed E-state index contributed by atoms with van der Waals surface area (Å²) >= 11 is 0. The van der Waals surface area contributed by atoms with Crippen LogP contribution in [0.1, 0.15) is 290 Å². The zero-order chi connectivity index (χ0) is 52.9. The van der Waals surface area contributed by atoms with Crippen molar-refractivity contribution in [1.82, 2.24) is 0 Å². The van der Waals surface area contributed by atoms with Crippen LogP contribution in [0.15, 0.2) is 97.2 Å². The van der Waals surface area contributed by atoms with Gasteiger partial charge in [0.2, 0.25) is 0 Å². The molecule has 0 fully saturated rings. The van der Waals surface area contributed by atoms with E-state index in [4.69, 9.17) is 14.2 Å². The second-order valence-electron chi connectivity index (χ2n) is 20.3. The van der Waals surface area contributed by atoms with Crippen LogP contribution in [0.25, 0.3) is 0 Å². The summed E-state index contributed by atoms with van der Waals surface area (Å²) in [5.41, 5.74) is 0. The standard InChI is InChI=1S/C67H114O6/c1-4-7-10-13-16-19-22-25-28-31-33-36-39-42-45-48-51-54-57-60-66(69)72-63-64(62-71-65(68)59-56-53-50-47-44-41-38-35-30-27-24-21-18-15-12-9-6-3)73-67(70)61-58-55-52-49-46-43-40-37-34-32-29-26-23-20-17-14-11-8-5-2/h7,10,16-17,19-20,23,25-28,30,38,41,47,50,64H,4-6,8-9,11-15,18,21-22,24,29,31-37,39-40,42-46,48-49,51-63H2,1-3H3/b10-7-,19-16-,20-17-,26-23-,28-25-,30-27-,41-38-,50-47-. The van der Waals surface area contributed by atoms with Gasteiger partial charge in [-0.15, -0.1) is 0 Å². The third kappa shape index (κ3) is 59.1. The summed E-state index contributed by atoms with van der Waals surface area (Å²) in [6.45, 7) is 6.47. The van der Waals surface area contributed by atoms with Crippen molar-refractivity contribution in [2.75, 3.05) is 13.2 Å². The minimum atomic E-state index is -0.804. The normalized spacial score (nSPS) is 12.8. The molecule has 0 aromatic rings. The summed E-state index contributed by atoms with van der Waals surface area (Å²) in [5.74, 6) is -0.953. The fourth-order valence-corrected chi connectivity index (χ4v) is 8.46. The highest BCUT2D eigenvalue weighted by Gasteiger charge is 2.19. The minimum absolute atomic E-state index is 0.0972. The van der Waals surface area contributed by atoms with Crippen LogP contribution < -0.4 is 0 Å². The molecule has 418 valence electrons. The van der Waals surface area contributed by atoms with Crippen molar-refractivity contribution < 1.29 is 28.6 Å². The molecule has 0 aliphatic rings. The van der Waals surface area contributed by atoms with Gasteiger partial charge in [-0.2, -0.15) is 0 Å². The molecule has 0 spiro atoms. The van der Waals surface area contributed by atoms with Gasteiger partial charge in [0.1, 0.15) is 13.2 Å². The molecule has 1 atom stereocenters. The van der Waals surface area contributed by atoms with E-state index in [1.165, 1.54) is 167 Å². The summed E-state index contributed by atoms with van der Waals surface area (Å²) in [6.07, 6.45) is 81.2. The number of rotatable bonds is 55. The van der Waals surface area contributed by atoms with E-state index >= 15 is 0 Å². The van der Waals surface area contributed by atoms with Crippen molar-refractivity contribution in [1.29, 1.82) is 0 Å². The second-order valence-corrected chi connectivity index (χ2v) is 20.3. The molecule has 0 aromatic carbocycles. The molecule has 0 aliphatic carbocycles. The number of carbonyl (C=O) groups is 3. The second kappa shape index (κ2) is 60.9. The molecular formula is C67H114O6. The van der Waals surface area contributed by atoms with Gasteiger partial charge in [0.25, 0.3) is 0 Å². The van der Waals surface area contributed by atoms with Gasteiger partial charge in [0, 0.05) is 19.3 Å². The molecule has 0 heterocycles. The first-order valence-electron chi connectivity index (χ1n) is 30.8. The minimum Gasteiger partial charge on any atom is -0.462 e. The number of hydrogen-bond donors (Lipinski definition) is 0. The molecule has 6 heteroatoms. The fourth-order valence-electron chi connectivity index (χ4n) is 8.46. The van der Waals surface area contributed by atoms with Crippen LogP contribution in [0.4, 0.5) is 0 Å². The lowest BCUT2D eigenvalue weighted by atomic mass is 10.1. The molecule has 0 N–H and O–H groups in total. The molecule has 0 rings (SSSR count). The maximum absolute atomic E-state index is 12.9. The number of unbranched alkanes of at least 4 members (excludes halogenated alkanes) is 29. The number of ether oxygens (including phenoxy) is 3. The Morgan fingerprint density at radius 3 is 1.00 bits per heavy atom. The van der Waals surface area contributed by atoms with E-state index in [-0.39, 0.29) is 37.5 Å². The van der Waals surface area contributed by atoms with Gasteiger partial charge in [0.05, 0.1) is 0 Å². The highest BCUT2D eigenvalue weighted by molar-refractivity contribution is 5.71. The molecule has 0 radical (unpaired) electrons. The zero-order valence-electron chi connectivity index (χ0n) is 47.9. The van der Waals surface area contributed by atoms with E-state index in [0.717, 1.165) is 77.0 Å². The molecule has 0 bridgehead atoms. The van der Waals surface area contributed by atoms with Crippen molar-refractivity contribution in [3.8, 4) is 0 Å². The van der Waals surface area contributed by atoms with E-state index in [0.29, 0.717) is 19.3 Å². The molecular weight excluding hydrogens is 901 g/mol. The van der Waals surface area contributed by atoms with Crippen LogP contribution in [0.3, 0.4) is 0 Å². The van der Waals surface area contributed by atoms with Crippen LogP contribution in [-0.4, -0.2) is 37.2 Å². The quantitative estimate of drug-likeness (QED) is 0.0199. The molecule has 1 unspecified atom stereocenters. The maximum Gasteiger partial charge on any atom is 0.306 e. The Morgan fingerprint density at radius 1 is 0.301 bits per heavy atom. The monoisotopic (exact) mass is 1010 g/mol. The van der Waals surface area contributed by atoms with Crippen molar-refractivity contribution in [3.63, 3.8) is 0 Å². The maximum atomic E-state index is 12.9. The van der Waals surface area contributed by atoms with Crippen LogP contribution in [0.2, 0.25) is 0 Å². The lowest BCUT2D eigenvalue weighted by Gasteiger charge is -2.18. The summed E-state index contributed by atoms with van der Waals surface area (Å²) in [4.78, 5) is 38.3. The van der Waals surface area contributed by atoms with Crippen LogP contribution in [-0.2, 0) is 28.6 Å². The summed E-state index contributed by atoms with van der Waals surface area (Å²) < 4.78 is 16.9. The van der Waals surface area contributed by atoms with Crippen molar-refractivity contribution in [2.45, 2.75) is 297 Å². The molecule has 0 saturated carbocycles. The number of carbonyl (C=O) groups excluding carboxylic acids is 3. The first-order valence-corrected chi connectivity index (χ1v) is 30.8. The molecule has 6 nitrogen and oxygen atoms in total. The van der Waals surface area contributed by atoms with E-state index < -0.39 is 6.10 Å². The Bertz CT molecular complexity index is 1440. The lowest BCUT2D eigenvalue weighted by Crippen LogP contribution is -2.30. The van der Waals surface area contributed by atoms with Crippen molar-refractivity contribution in [3.05, 3.63) is 97.2 Å². The number of hydrogen-bond acceptors (Lipinski definition) is 6.